The monoisotopic (exact) mass is 317 g/mol. The van der Waals surface area contributed by atoms with Crippen LogP contribution < -0.4 is 5.32 Å². The van der Waals surface area contributed by atoms with Gasteiger partial charge in [0.2, 0.25) is 5.82 Å². The highest BCUT2D eigenvalue weighted by Crippen LogP contribution is 2.29. The molecule has 0 saturated carbocycles. The molecular weight excluding hydrogens is 300 g/mol. The molecule has 2 aromatic heterocycles. The lowest BCUT2D eigenvalue weighted by Crippen LogP contribution is -2.14. The van der Waals surface area contributed by atoms with Gasteiger partial charge in [-0.15, -0.1) is 5.10 Å². The molecule has 0 fully saturated rings. The fourth-order valence-electron chi connectivity index (χ4n) is 2.17. The first-order valence-corrected chi connectivity index (χ1v) is 7.35. The molecule has 0 atom stereocenters. The Morgan fingerprint density at radius 2 is 1.83 bits per heavy atom. The second kappa shape index (κ2) is 5.57. The highest BCUT2D eigenvalue weighted by Gasteiger charge is 2.34. The topological polar surface area (TPSA) is 55.1 Å². The number of benzene rings is 1. The van der Waals surface area contributed by atoms with Gasteiger partial charge in [0, 0.05) is 23.9 Å². The molecule has 0 unspecified atom stereocenters. The van der Waals surface area contributed by atoms with Crippen LogP contribution in [0.5, 0.6) is 0 Å². The summed E-state index contributed by atoms with van der Waals surface area (Å²) in [7, 11) is 0. The molecule has 120 valence electrons. The number of aromatic nitrogens is 4. The van der Waals surface area contributed by atoms with Gasteiger partial charge in [-0.3, -0.25) is 0 Å². The molecule has 1 aromatic carbocycles. The maximum atomic E-state index is 13.8. The van der Waals surface area contributed by atoms with E-state index in [0.29, 0.717) is 11.5 Å². The van der Waals surface area contributed by atoms with Gasteiger partial charge in [0.25, 0.3) is 5.78 Å². The van der Waals surface area contributed by atoms with E-state index in [2.05, 4.69) is 20.4 Å². The molecule has 0 radical (unpaired) electrons. The lowest BCUT2D eigenvalue weighted by molar-refractivity contribution is -0.0173. The first-order valence-electron chi connectivity index (χ1n) is 7.35. The summed E-state index contributed by atoms with van der Waals surface area (Å²) in [6, 6.07) is 9.50. The molecule has 0 amide bonds. The number of hydrogen-bond donors (Lipinski definition) is 1. The molecule has 5 nitrogen and oxygen atoms in total. The number of anilines is 2. The van der Waals surface area contributed by atoms with Gasteiger partial charge in [-0.2, -0.15) is 18.3 Å². The van der Waals surface area contributed by atoms with Crippen LogP contribution in [0, 0.1) is 13.8 Å². The molecule has 0 spiro atoms. The van der Waals surface area contributed by atoms with Crippen LogP contribution in [-0.2, 0) is 5.92 Å². The summed E-state index contributed by atoms with van der Waals surface area (Å²) in [5.74, 6) is -2.88. The van der Waals surface area contributed by atoms with Gasteiger partial charge in [0.15, 0.2) is 0 Å². The zero-order valence-electron chi connectivity index (χ0n) is 13.1. The van der Waals surface area contributed by atoms with Gasteiger partial charge in [0.05, 0.1) is 0 Å². The molecule has 0 aliphatic carbocycles. The van der Waals surface area contributed by atoms with Gasteiger partial charge < -0.3 is 5.32 Å². The summed E-state index contributed by atoms with van der Waals surface area (Å²) in [6.45, 7) is 5.18. The van der Waals surface area contributed by atoms with E-state index in [4.69, 9.17) is 0 Å². The van der Waals surface area contributed by atoms with Crippen molar-refractivity contribution in [2.75, 3.05) is 5.32 Å². The van der Waals surface area contributed by atoms with Crippen molar-refractivity contribution in [2.24, 2.45) is 0 Å². The van der Waals surface area contributed by atoms with Gasteiger partial charge >= 0.3 is 5.92 Å². The van der Waals surface area contributed by atoms with Crippen LogP contribution in [0.25, 0.3) is 5.78 Å². The fraction of sp³-hybridized carbons (Fsp3) is 0.312. The Morgan fingerprint density at radius 3 is 2.48 bits per heavy atom. The zero-order valence-corrected chi connectivity index (χ0v) is 13.1. The Kier molecular flexibility index (Phi) is 3.71. The molecule has 0 bridgehead atoms. The van der Waals surface area contributed by atoms with E-state index in [1.165, 1.54) is 11.4 Å². The van der Waals surface area contributed by atoms with Crippen molar-refractivity contribution in [1.82, 2.24) is 19.6 Å². The summed E-state index contributed by atoms with van der Waals surface area (Å²) in [5, 5.41) is 7.11. The third-order valence-corrected chi connectivity index (χ3v) is 3.54. The minimum Gasteiger partial charge on any atom is -0.340 e. The maximum Gasteiger partial charge on any atom is 0.308 e. The molecule has 0 aliphatic rings. The first kappa shape index (κ1) is 15.3. The van der Waals surface area contributed by atoms with Crippen LogP contribution in [0.1, 0.15) is 30.4 Å². The van der Waals surface area contributed by atoms with Crippen LogP contribution >= 0.6 is 0 Å². The van der Waals surface area contributed by atoms with E-state index in [9.17, 15) is 8.78 Å². The van der Waals surface area contributed by atoms with Crippen molar-refractivity contribution in [3.8, 4) is 0 Å². The molecule has 3 aromatic rings. The molecular formula is C16H17F2N5. The van der Waals surface area contributed by atoms with Crippen molar-refractivity contribution in [2.45, 2.75) is 33.1 Å². The number of alkyl halides is 2. The summed E-state index contributed by atoms with van der Waals surface area (Å²) in [5.41, 5.74) is 2.64. The lowest BCUT2D eigenvalue weighted by atomic mass is 10.2. The minimum atomic E-state index is -3.07. The minimum absolute atomic E-state index is 0.155. The predicted molar refractivity (Wildman–Crippen MR) is 84.2 cm³/mol. The number of hydrogen-bond acceptors (Lipinski definition) is 4. The number of fused-ring (bicyclic) bond motifs is 1. The zero-order chi connectivity index (χ0) is 16.6. The number of nitrogens with zero attached hydrogens (tertiary/aromatic N) is 4. The quantitative estimate of drug-likeness (QED) is 0.790. The van der Waals surface area contributed by atoms with Crippen molar-refractivity contribution >= 4 is 17.3 Å². The Hall–Kier alpha value is -2.57. The summed E-state index contributed by atoms with van der Waals surface area (Å²) in [6.07, 6.45) is -0.358. The summed E-state index contributed by atoms with van der Waals surface area (Å²) >= 11 is 0. The van der Waals surface area contributed by atoms with Crippen LogP contribution in [0.3, 0.4) is 0 Å². The van der Waals surface area contributed by atoms with Crippen molar-refractivity contribution < 1.29 is 8.78 Å². The normalized spacial score (nSPS) is 11.9. The van der Waals surface area contributed by atoms with Gasteiger partial charge in [-0.05, 0) is 26.0 Å². The average Bonchev–Trinajstić information content (AvgIpc) is 2.94. The molecule has 1 N–H and O–H groups in total. The summed E-state index contributed by atoms with van der Waals surface area (Å²) < 4.78 is 29.0. The number of aryl methyl sites for hydroxylation is 2. The second-order valence-electron chi connectivity index (χ2n) is 5.48. The van der Waals surface area contributed by atoms with Gasteiger partial charge in [0.1, 0.15) is 5.82 Å². The van der Waals surface area contributed by atoms with Gasteiger partial charge in [-0.25, -0.2) is 4.98 Å². The largest absolute Gasteiger partial charge is 0.340 e. The highest BCUT2D eigenvalue weighted by molar-refractivity contribution is 5.59. The van der Waals surface area contributed by atoms with E-state index < -0.39 is 11.7 Å². The standard InChI is InChI=1S/C16H17F2N5/c1-4-16(17,18)14-21-15-19-11(3)9-13(23(15)22-14)20-12-7-5-10(2)6-8-12/h5-9,20H,4H2,1-3H3. The summed E-state index contributed by atoms with van der Waals surface area (Å²) in [4.78, 5) is 8.06. The molecule has 0 aliphatic heterocycles. The molecule has 7 heteroatoms. The van der Waals surface area contributed by atoms with Crippen LogP contribution in [0.15, 0.2) is 30.3 Å². The Bertz CT molecular complexity index is 840. The van der Waals surface area contributed by atoms with Crippen molar-refractivity contribution in [3.63, 3.8) is 0 Å². The Labute approximate surface area is 132 Å². The molecule has 3 rings (SSSR count). The number of rotatable bonds is 4. The molecule has 23 heavy (non-hydrogen) atoms. The van der Waals surface area contributed by atoms with Crippen LogP contribution in [0.2, 0.25) is 0 Å². The second-order valence-corrected chi connectivity index (χ2v) is 5.48. The smallest absolute Gasteiger partial charge is 0.308 e. The molecule has 2 heterocycles. The lowest BCUT2D eigenvalue weighted by Gasteiger charge is -2.09. The van der Waals surface area contributed by atoms with E-state index in [-0.39, 0.29) is 12.2 Å². The number of nitrogens with one attached hydrogen (secondary N) is 1. The fourth-order valence-corrected chi connectivity index (χ4v) is 2.17. The molecule has 0 saturated heterocycles. The third-order valence-electron chi connectivity index (χ3n) is 3.54. The maximum absolute atomic E-state index is 13.8. The Balaban J connectivity index is 2.07. The SMILES string of the molecule is CCC(F)(F)c1nc2nc(C)cc(Nc3ccc(C)cc3)n2n1. The van der Waals surface area contributed by atoms with E-state index in [0.717, 1.165) is 11.3 Å². The first-order chi connectivity index (χ1) is 10.9. The van der Waals surface area contributed by atoms with E-state index in [1.54, 1.807) is 13.0 Å². The third kappa shape index (κ3) is 2.99. The Morgan fingerprint density at radius 1 is 1.13 bits per heavy atom. The average molecular weight is 317 g/mol. The highest BCUT2D eigenvalue weighted by atomic mass is 19.3. The van der Waals surface area contributed by atoms with E-state index in [1.807, 2.05) is 31.2 Å². The van der Waals surface area contributed by atoms with E-state index >= 15 is 0 Å². The van der Waals surface area contributed by atoms with Crippen molar-refractivity contribution in [1.29, 1.82) is 0 Å². The van der Waals surface area contributed by atoms with Gasteiger partial charge in [-0.1, -0.05) is 24.6 Å². The van der Waals surface area contributed by atoms with Crippen LogP contribution in [-0.4, -0.2) is 19.6 Å². The van der Waals surface area contributed by atoms with Crippen LogP contribution in [0.4, 0.5) is 20.3 Å². The predicted octanol–water partition coefficient (Wildman–Crippen LogP) is 3.99. The van der Waals surface area contributed by atoms with Crippen molar-refractivity contribution in [3.05, 3.63) is 47.4 Å². The number of halogens is 2.